The summed E-state index contributed by atoms with van der Waals surface area (Å²) in [6, 6.07) is 7.31. The van der Waals surface area contributed by atoms with Gasteiger partial charge in [0.25, 0.3) is 0 Å². The van der Waals surface area contributed by atoms with Crippen LogP contribution < -0.4 is 5.32 Å². The van der Waals surface area contributed by atoms with Crippen LogP contribution >= 0.6 is 0 Å². The van der Waals surface area contributed by atoms with Crippen LogP contribution in [0, 0.1) is 0 Å². The lowest BCUT2D eigenvalue weighted by molar-refractivity contribution is -0.137. The smallest absolute Gasteiger partial charge is 0.325 e. The Morgan fingerprint density at radius 2 is 1.85 bits per heavy atom. The number of nitrogens with zero attached hydrogens (tertiary/aromatic N) is 2. The van der Waals surface area contributed by atoms with E-state index in [9.17, 15) is 26.4 Å². The summed E-state index contributed by atoms with van der Waals surface area (Å²) < 4.78 is 62.8. The first-order chi connectivity index (χ1) is 12.1. The molecule has 0 aliphatic heterocycles. The Kier molecular flexibility index (Phi) is 5.98. The minimum atomic E-state index is -4.54. The monoisotopic (exact) mass is 387 g/mol. The van der Waals surface area contributed by atoms with Gasteiger partial charge in [-0.05, 0) is 35.9 Å². The van der Waals surface area contributed by atoms with Gasteiger partial charge in [0.15, 0.2) is 0 Å². The fraction of sp³-hybridized carbons (Fsp3) is 0.250. The molecular weight excluding hydrogens is 371 g/mol. The second-order valence-corrected chi connectivity index (χ2v) is 7.50. The minimum Gasteiger partial charge on any atom is -0.325 e. The van der Waals surface area contributed by atoms with E-state index in [1.807, 2.05) is 0 Å². The Morgan fingerprint density at radius 3 is 2.42 bits per heavy atom. The molecule has 140 valence electrons. The van der Waals surface area contributed by atoms with Gasteiger partial charge in [0.05, 0.1) is 18.4 Å². The van der Waals surface area contributed by atoms with Crippen LogP contribution in [0.25, 0.3) is 0 Å². The number of carbonyl (C=O) groups excluding carboxylic acids is 1. The number of alkyl halides is 3. The Balaban J connectivity index is 2.10. The van der Waals surface area contributed by atoms with Crippen molar-refractivity contribution in [1.29, 1.82) is 0 Å². The molecule has 0 fully saturated rings. The zero-order valence-corrected chi connectivity index (χ0v) is 14.5. The lowest BCUT2D eigenvalue weighted by atomic mass is 10.2. The fourth-order valence-corrected chi connectivity index (χ4v) is 2.85. The van der Waals surface area contributed by atoms with E-state index in [1.165, 1.54) is 18.5 Å². The highest BCUT2D eigenvalue weighted by molar-refractivity contribution is 7.88. The van der Waals surface area contributed by atoms with Gasteiger partial charge < -0.3 is 5.32 Å². The lowest BCUT2D eigenvalue weighted by Gasteiger charge is -2.19. The highest BCUT2D eigenvalue weighted by atomic mass is 32.2. The maximum absolute atomic E-state index is 12.7. The largest absolute Gasteiger partial charge is 0.416 e. The third kappa shape index (κ3) is 5.81. The number of hydrogen-bond acceptors (Lipinski definition) is 4. The Hall–Kier alpha value is -2.46. The quantitative estimate of drug-likeness (QED) is 0.826. The highest BCUT2D eigenvalue weighted by Gasteiger charge is 2.30. The Morgan fingerprint density at radius 1 is 1.19 bits per heavy atom. The Bertz CT molecular complexity index is 871. The molecule has 6 nitrogen and oxygen atoms in total. The molecule has 0 spiro atoms. The van der Waals surface area contributed by atoms with Crippen LogP contribution in [0.1, 0.15) is 11.1 Å². The van der Waals surface area contributed by atoms with Gasteiger partial charge in [-0.15, -0.1) is 0 Å². The molecule has 0 saturated heterocycles. The molecule has 1 aromatic heterocycles. The number of amides is 1. The zero-order chi connectivity index (χ0) is 19.4. The van der Waals surface area contributed by atoms with Crippen molar-refractivity contribution in [3.05, 3.63) is 59.9 Å². The van der Waals surface area contributed by atoms with Gasteiger partial charge in [-0.1, -0.05) is 6.07 Å². The number of nitrogens with one attached hydrogen (secondary N) is 1. The molecule has 1 aromatic carbocycles. The number of aromatic nitrogens is 1. The highest BCUT2D eigenvalue weighted by Crippen LogP contribution is 2.30. The first-order valence-corrected chi connectivity index (χ1v) is 9.21. The number of carbonyl (C=O) groups is 1. The average molecular weight is 387 g/mol. The van der Waals surface area contributed by atoms with Gasteiger partial charge >= 0.3 is 6.18 Å². The molecule has 1 amide bonds. The maximum atomic E-state index is 12.7. The van der Waals surface area contributed by atoms with E-state index in [0.717, 1.165) is 28.8 Å². The van der Waals surface area contributed by atoms with Crippen LogP contribution in [-0.4, -0.2) is 36.4 Å². The lowest BCUT2D eigenvalue weighted by Crippen LogP contribution is -2.36. The standard InChI is InChI=1S/C16H16F3N3O3S/c1-26(24,25)22(10-12-5-7-20-8-6-12)11-15(23)21-14-4-2-3-13(9-14)16(17,18)19/h2-9H,10-11H2,1H3,(H,21,23). The topological polar surface area (TPSA) is 79.4 Å². The predicted octanol–water partition coefficient (Wildman–Crippen LogP) is 2.50. The van der Waals surface area contributed by atoms with Crippen LogP contribution in [0.2, 0.25) is 0 Å². The molecule has 1 N–H and O–H groups in total. The van der Waals surface area contributed by atoms with E-state index in [-0.39, 0.29) is 12.2 Å². The molecule has 0 unspecified atom stereocenters. The summed E-state index contributed by atoms with van der Waals surface area (Å²) in [7, 11) is -3.71. The predicted molar refractivity (Wildman–Crippen MR) is 89.6 cm³/mol. The summed E-state index contributed by atoms with van der Waals surface area (Å²) in [6.07, 6.45) is -0.621. The van der Waals surface area contributed by atoms with Crippen molar-refractivity contribution < 1.29 is 26.4 Å². The van der Waals surface area contributed by atoms with Crippen LogP contribution in [0.15, 0.2) is 48.8 Å². The maximum Gasteiger partial charge on any atom is 0.416 e. The third-order valence-corrected chi connectivity index (χ3v) is 4.57. The van der Waals surface area contributed by atoms with Crippen LogP contribution in [-0.2, 0) is 27.5 Å². The fourth-order valence-electron chi connectivity index (χ4n) is 2.12. The van der Waals surface area contributed by atoms with Crippen LogP contribution in [0.5, 0.6) is 0 Å². The van der Waals surface area contributed by atoms with Crippen molar-refractivity contribution >= 4 is 21.6 Å². The average Bonchev–Trinajstić information content (AvgIpc) is 2.54. The molecule has 0 aliphatic rings. The third-order valence-electron chi connectivity index (χ3n) is 3.37. The van der Waals surface area contributed by atoms with E-state index in [2.05, 4.69) is 10.3 Å². The Labute approximate surface area is 148 Å². The SMILES string of the molecule is CS(=O)(=O)N(CC(=O)Nc1cccc(C(F)(F)F)c1)Cc1ccncc1. The van der Waals surface area contributed by atoms with Crippen LogP contribution in [0.3, 0.4) is 0 Å². The number of halogens is 3. The van der Waals surface area contributed by atoms with E-state index >= 15 is 0 Å². The van der Waals surface area contributed by atoms with Crippen molar-refractivity contribution in [2.45, 2.75) is 12.7 Å². The molecule has 10 heteroatoms. The number of rotatable bonds is 6. The zero-order valence-electron chi connectivity index (χ0n) is 13.7. The van der Waals surface area contributed by atoms with E-state index in [0.29, 0.717) is 5.56 Å². The van der Waals surface area contributed by atoms with Gasteiger partial charge in [0, 0.05) is 24.6 Å². The van der Waals surface area contributed by atoms with Crippen molar-refractivity contribution in [3.63, 3.8) is 0 Å². The number of benzene rings is 1. The molecule has 0 aliphatic carbocycles. The molecule has 0 bridgehead atoms. The molecule has 26 heavy (non-hydrogen) atoms. The van der Waals surface area contributed by atoms with Gasteiger partial charge in [0.1, 0.15) is 0 Å². The number of hydrogen-bond donors (Lipinski definition) is 1. The number of anilines is 1. The van der Waals surface area contributed by atoms with Crippen LogP contribution in [0.4, 0.5) is 18.9 Å². The summed E-state index contributed by atoms with van der Waals surface area (Å²) in [5.74, 6) is -0.746. The van der Waals surface area contributed by atoms with Crippen molar-refractivity contribution in [2.24, 2.45) is 0 Å². The van der Waals surface area contributed by atoms with Gasteiger partial charge in [-0.2, -0.15) is 17.5 Å². The molecule has 2 rings (SSSR count). The first kappa shape index (κ1) is 19.9. The second-order valence-electron chi connectivity index (χ2n) is 5.51. The van der Waals surface area contributed by atoms with Crippen molar-refractivity contribution in [2.75, 3.05) is 18.1 Å². The summed E-state index contributed by atoms with van der Waals surface area (Å²) in [5, 5.41) is 2.29. The molecular formula is C16H16F3N3O3S. The van der Waals surface area contributed by atoms with E-state index in [1.54, 1.807) is 12.1 Å². The molecule has 0 radical (unpaired) electrons. The molecule has 0 saturated carbocycles. The molecule has 1 heterocycles. The normalized spacial score (nSPS) is 12.2. The van der Waals surface area contributed by atoms with Crippen molar-refractivity contribution in [3.8, 4) is 0 Å². The van der Waals surface area contributed by atoms with E-state index in [4.69, 9.17) is 0 Å². The number of sulfonamides is 1. The summed E-state index contributed by atoms with van der Waals surface area (Å²) in [6.45, 7) is -0.589. The summed E-state index contributed by atoms with van der Waals surface area (Å²) in [5.41, 5.74) is -0.355. The van der Waals surface area contributed by atoms with E-state index < -0.39 is 34.2 Å². The minimum absolute atomic E-state index is 0.0582. The molecule has 2 aromatic rings. The first-order valence-electron chi connectivity index (χ1n) is 7.37. The van der Waals surface area contributed by atoms with Gasteiger partial charge in [-0.3, -0.25) is 9.78 Å². The van der Waals surface area contributed by atoms with Gasteiger partial charge in [0.2, 0.25) is 15.9 Å². The number of pyridine rings is 1. The second kappa shape index (κ2) is 7.83. The summed E-state index contributed by atoms with van der Waals surface area (Å²) >= 11 is 0. The summed E-state index contributed by atoms with van der Waals surface area (Å²) in [4.78, 5) is 15.9. The molecule has 0 atom stereocenters. The van der Waals surface area contributed by atoms with Crippen molar-refractivity contribution in [1.82, 2.24) is 9.29 Å². The van der Waals surface area contributed by atoms with Gasteiger partial charge in [-0.25, -0.2) is 8.42 Å².